The van der Waals surface area contributed by atoms with E-state index in [0.29, 0.717) is 16.9 Å². The number of nitrogens with one attached hydrogen (secondary N) is 2. The largest absolute Gasteiger partial charge is 0.326 e. The van der Waals surface area contributed by atoms with E-state index in [9.17, 15) is 14.0 Å². The third kappa shape index (κ3) is 4.61. The fraction of sp³-hybridized carbons (Fsp3) is 0.300. The molecule has 1 saturated carbocycles. The lowest BCUT2D eigenvalue weighted by molar-refractivity contribution is -0.120. The minimum absolute atomic E-state index is 0.00701. The molecule has 0 aliphatic heterocycles. The minimum atomic E-state index is -0.544. The van der Waals surface area contributed by atoms with E-state index in [0.717, 1.165) is 25.7 Å². The minimum Gasteiger partial charge on any atom is -0.326 e. The molecule has 1 fully saturated rings. The van der Waals surface area contributed by atoms with Crippen LogP contribution in [0.3, 0.4) is 0 Å². The lowest BCUT2D eigenvalue weighted by Crippen LogP contribution is -2.24. The van der Waals surface area contributed by atoms with Gasteiger partial charge in [-0.3, -0.25) is 9.59 Å². The van der Waals surface area contributed by atoms with Crippen molar-refractivity contribution in [2.24, 2.45) is 5.92 Å². The summed E-state index contributed by atoms with van der Waals surface area (Å²) < 4.78 is 13.2. The molecule has 26 heavy (non-hydrogen) atoms. The molecule has 0 unspecified atom stereocenters. The summed E-state index contributed by atoms with van der Waals surface area (Å²) in [7, 11) is 0. The van der Waals surface area contributed by atoms with Gasteiger partial charge in [-0.1, -0.05) is 36.9 Å². The second-order valence-corrected chi connectivity index (χ2v) is 6.90. The zero-order valence-electron chi connectivity index (χ0n) is 14.2. The van der Waals surface area contributed by atoms with Crippen molar-refractivity contribution in [2.45, 2.75) is 32.1 Å². The van der Waals surface area contributed by atoms with Gasteiger partial charge in [0.25, 0.3) is 5.91 Å². The molecular formula is C20H20ClFN2O2. The first-order chi connectivity index (χ1) is 12.5. The fourth-order valence-corrected chi connectivity index (χ4v) is 3.30. The fourth-order valence-electron chi connectivity index (χ4n) is 3.12. The zero-order valence-corrected chi connectivity index (χ0v) is 15.0. The molecule has 3 rings (SSSR count). The van der Waals surface area contributed by atoms with Crippen LogP contribution in [0, 0.1) is 11.7 Å². The summed E-state index contributed by atoms with van der Waals surface area (Å²) in [4.78, 5) is 24.7. The molecule has 2 N–H and O–H groups in total. The Balaban J connectivity index is 1.66. The average Bonchev–Trinajstić information content (AvgIpc) is 2.65. The van der Waals surface area contributed by atoms with Crippen LogP contribution in [0.4, 0.5) is 15.8 Å². The monoisotopic (exact) mass is 374 g/mol. The topological polar surface area (TPSA) is 58.2 Å². The zero-order chi connectivity index (χ0) is 18.5. The highest BCUT2D eigenvalue weighted by Gasteiger charge is 2.21. The summed E-state index contributed by atoms with van der Waals surface area (Å²) in [6.07, 6.45) is 5.18. The molecule has 0 bridgehead atoms. The van der Waals surface area contributed by atoms with Crippen molar-refractivity contribution in [3.05, 3.63) is 58.9 Å². The summed E-state index contributed by atoms with van der Waals surface area (Å²) in [5, 5.41) is 5.51. The van der Waals surface area contributed by atoms with Gasteiger partial charge >= 0.3 is 0 Å². The highest BCUT2D eigenvalue weighted by Crippen LogP contribution is 2.25. The first kappa shape index (κ1) is 18.4. The van der Waals surface area contributed by atoms with Gasteiger partial charge in [0.05, 0.1) is 5.02 Å². The van der Waals surface area contributed by atoms with Crippen LogP contribution in [0.25, 0.3) is 0 Å². The summed E-state index contributed by atoms with van der Waals surface area (Å²) in [5.41, 5.74) is 1.38. The maximum atomic E-state index is 13.2. The Bertz CT molecular complexity index is 819. The number of benzene rings is 2. The van der Waals surface area contributed by atoms with Crippen LogP contribution in [-0.4, -0.2) is 11.8 Å². The molecule has 2 aromatic rings. The van der Waals surface area contributed by atoms with Gasteiger partial charge in [0.2, 0.25) is 5.91 Å². The van der Waals surface area contributed by atoms with Crippen molar-refractivity contribution in [3.8, 4) is 0 Å². The quantitative estimate of drug-likeness (QED) is 0.767. The van der Waals surface area contributed by atoms with Gasteiger partial charge in [0.1, 0.15) is 5.82 Å². The highest BCUT2D eigenvalue weighted by molar-refractivity contribution is 6.31. The highest BCUT2D eigenvalue weighted by atomic mass is 35.5. The number of rotatable bonds is 4. The molecule has 0 saturated heterocycles. The van der Waals surface area contributed by atoms with E-state index in [1.165, 1.54) is 24.6 Å². The lowest BCUT2D eigenvalue weighted by atomic mass is 9.88. The van der Waals surface area contributed by atoms with E-state index in [2.05, 4.69) is 10.6 Å². The van der Waals surface area contributed by atoms with Crippen LogP contribution in [0.1, 0.15) is 42.5 Å². The van der Waals surface area contributed by atoms with E-state index >= 15 is 0 Å². The molecule has 0 aromatic heterocycles. The Hall–Kier alpha value is -2.40. The lowest BCUT2D eigenvalue weighted by Gasteiger charge is -2.20. The molecule has 4 nitrogen and oxygen atoms in total. The Kier molecular flexibility index (Phi) is 5.89. The normalized spacial score (nSPS) is 14.7. The van der Waals surface area contributed by atoms with Crippen LogP contribution in [0.15, 0.2) is 42.5 Å². The number of amides is 2. The number of hydrogen-bond donors (Lipinski definition) is 2. The van der Waals surface area contributed by atoms with Gasteiger partial charge in [-0.05, 0) is 49.2 Å². The van der Waals surface area contributed by atoms with Crippen LogP contribution >= 0.6 is 11.6 Å². The molecule has 0 atom stereocenters. The number of carbonyl (C=O) groups is 2. The number of anilines is 2. The van der Waals surface area contributed by atoms with E-state index in [1.807, 2.05) is 0 Å². The first-order valence-electron chi connectivity index (χ1n) is 8.70. The van der Waals surface area contributed by atoms with E-state index in [-0.39, 0.29) is 22.8 Å². The number of halogens is 2. The maximum Gasteiger partial charge on any atom is 0.255 e. The van der Waals surface area contributed by atoms with Gasteiger partial charge in [-0.2, -0.15) is 0 Å². The van der Waals surface area contributed by atoms with Crippen molar-refractivity contribution in [2.75, 3.05) is 10.6 Å². The number of carbonyl (C=O) groups excluding carboxylic acids is 2. The maximum absolute atomic E-state index is 13.2. The summed E-state index contributed by atoms with van der Waals surface area (Å²) in [6.45, 7) is 0. The van der Waals surface area contributed by atoms with Gasteiger partial charge in [0.15, 0.2) is 0 Å². The molecule has 1 aliphatic rings. The van der Waals surface area contributed by atoms with E-state index in [1.54, 1.807) is 24.3 Å². The Morgan fingerprint density at radius 1 is 0.962 bits per heavy atom. The molecule has 0 radical (unpaired) electrons. The molecule has 2 aromatic carbocycles. The third-order valence-corrected chi connectivity index (χ3v) is 4.84. The summed E-state index contributed by atoms with van der Waals surface area (Å²) in [5.74, 6) is -0.853. The van der Waals surface area contributed by atoms with Crippen LogP contribution in [0.5, 0.6) is 0 Å². The van der Waals surface area contributed by atoms with Crippen molar-refractivity contribution in [3.63, 3.8) is 0 Å². The molecule has 1 aliphatic carbocycles. The predicted octanol–water partition coefficient (Wildman–Crippen LogP) is 5.25. The van der Waals surface area contributed by atoms with Crippen LogP contribution < -0.4 is 10.6 Å². The smallest absolute Gasteiger partial charge is 0.255 e. The van der Waals surface area contributed by atoms with Crippen molar-refractivity contribution in [1.82, 2.24) is 0 Å². The summed E-state index contributed by atoms with van der Waals surface area (Å²) in [6, 6.07) is 10.7. The molecule has 2 amide bonds. The molecule has 136 valence electrons. The SMILES string of the molecule is O=C(Nc1ccc(F)c(Cl)c1)c1cccc(NC(=O)C2CCCCC2)c1. The van der Waals surface area contributed by atoms with Crippen LogP contribution in [-0.2, 0) is 4.79 Å². The second kappa shape index (κ2) is 8.32. The molecular weight excluding hydrogens is 355 g/mol. The number of hydrogen-bond acceptors (Lipinski definition) is 2. The van der Waals surface area contributed by atoms with E-state index < -0.39 is 5.82 Å². The first-order valence-corrected chi connectivity index (χ1v) is 9.08. The average molecular weight is 375 g/mol. The van der Waals surface area contributed by atoms with Gasteiger partial charge < -0.3 is 10.6 Å². The summed E-state index contributed by atoms with van der Waals surface area (Å²) >= 11 is 5.73. The standard InChI is InChI=1S/C20H20ClFN2O2/c21-17-12-16(9-10-18(17)22)24-20(26)14-7-4-8-15(11-14)23-19(25)13-5-2-1-3-6-13/h4,7-13H,1-3,5-6H2,(H,23,25)(H,24,26). The molecule has 0 heterocycles. The Labute approximate surface area is 156 Å². The second-order valence-electron chi connectivity index (χ2n) is 6.49. The van der Waals surface area contributed by atoms with Gasteiger partial charge in [-0.25, -0.2) is 4.39 Å². The van der Waals surface area contributed by atoms with Gasteiger partial charge in [-0.15, -0.1) is 0 Å². The Morgan fingerprint density at radius 2 is 1.69 bits per heavy atom. The van der Waals surface area contributed by atoms with Crippen LogP contribution in [0.2, 0.25) is 5.02 Å². The third-order valence-electron chi connectivity index (χ3n) is 4.55. The van der Waals surface area contributed by atoms with Crippen molar-refractivity contribution < 1.29 is 14.0 Å². The Morgan fingerprint density at radius 3 is 2.42 bits per heavy atom. The molecule has 0 spiro atoms. The molecule has 6 heteroatoms. The van der Waals surface area contributed by atoms with Crippen molar-refractivity contribution >= 4 is 34.8 Å². The van der Waals surface area contributed by atoms with Gasteiger partial charge in [0, 0.05) is 22.9 Å². The van der Waals surface area contributed by atoms with Crippen molar-refractivity contribution in [1.29, 1.82) is 0 Å². The van der Waals surface area contributed by atoms with E-state index in [4.69, 9.17) is 11.6 Å². The predicted molar refractivity (Wildman–Crippen MR) is 101 cm³/mol.